The predicted octanol–water partition coefficient (Wildman–Crippen LogP) is 2.09. The number of aromatic nitrogens is 3. The van der Waals surface area contributed by atoms with E-state index >= 15 is 0 Å². The van der Waals surface area contributed by atoms with Crippen molar-refractivity contribution in [3.8, 4) is 17.1 Å². The van der Waals surface area contributed by atoms with Crippen LogP contribution in [0.1, 0.15) is 28.5 Å². The lowest BCUT2D eigenvalue weighted by Gasteiger charge is -2.08. The molecule has 136 valence electrons. The minimum absolute atomic E-state index is 0.130. The second-order valence-electron chi connectivity index (χ2n) is 6.46. The average molecular weight is 362 g/mol. The molecule has 27 heavy (non-hydrogen) atoms. The van der Waals surface area contributed by atoms with Crippen LogP contribution in [0.3, 0.4) is 0 Å². The number of fused-ring (bicyclic) bond motifs is 1. The van der Waals surface area contributed by atoms with Crippen LogP contribution in [0, 0.1) is 0 Å². The van der Waals surface area contributed by atoms with Gasteiger partial charge in [0, 0.05) is 36.0 Å². The van der Waals surface area contributed by atoms with E-state index in [0.29, 0.717) is 17.1 Å². The molecular formula is C20H18N4O3. The molecular weight excluding hydrogens is 344 g/mol. The Labute approximate surface area is 155 Å². The van der Waals surface area contributed by atoms with E-state index < -0.39 is 0 Å². The van der Waals surface area contributed by atoms with Gasteiger partial charge in [0.15, 0.2) is 0 Å². The zero-order chi connectivity index (χ0) is 18.8. The molecule has 0 saturated heterocycles. The van der Waals surface area contributed by atoms with Crippen LogP contribution in [0.25, 0.3) is 11.4 Å². The molecule has 1 aromatic carbocycles. The summed E-state index contributed by atoms with van der Waals surface area (Å²) >= 11 is 0. The van der Waals surface area contributed by atoms with E-state index in [1.165, 1.54) is 6.07 Å². The largest absolute Gasteiger partial charge is 0.490 e. The topological polar surface area (TPSA) is 97.0 Å². The lowest BCUT2D eigenvalue weighted by Crippen LogP contribution is -2.24. The predicted molar refractivity (Wildman–Crippen MR) is 99.5 cm³/mol. The molecule has 1 amide bonds. The summed E-state index contributed by atoms with van der Waals surface area (Å²) in [5, 5.41) is 2.82. The Morgan fingerprint density at radius 2 is 2.07 bits per heavy atom. The van der Waals surface area contributed by atoms with Crippen molar-refractivity contribution in [2.24, 2.45) is 0 Å². The first-order valence-electron chi connectivity index (χ1n) is 8.67. The minimum Gasteiger partial charge on any atom is -0.490 e. The molecule has 1 aliphatic heterocycles. The third-order valence-electron chi connectivity index (χ3n) is 4.34. The van der Waals surface area contributed by atoms with Gasteiger partial charge in [-0.3, -0.25) is 14.6 Å². The van der Waals surface area contributed by atoms with Gasteiger partial charge in [0.2, 0.25) is 0 Å². The molecule has 1 atom stereocenters. The van der Waals surface area contributed by atoms with Gasteiger partial charge in [-0.15, -0.1) is 0 Å². The SMILES string of the molecule is CC1Cc2cc(C(=O)NCc3cc(=O)[nH]c(-c4ccncc4)n3)ccc2O1. The maximum absolute atomic E-state index is 12.5. The smallest absolute Gasteiger partial charge is 0.251 e. The fraction of sp³-hybridized carbons (Fsp3) is 0.200. The molecule has 2 aromatic heterocycles. The number of H-pyrrole nitrogens is 1. The van der Waals surface area contributed by atoms with E-state index in [4.69, 9.17) is 4.74 Å². The molecule has 0 spiro atoms. The second-order valence-corrected chi connectivity index (χ2v) is 6.46. The normalized spacial score (nSPS) is 15.1. The fourth-order valence-electron chi connectivity index (χ4n) is 3.08. The Balaban J connectivity index is 1.49. The number of nitrogens with one attached hydrogen (secondary N) is 2. The average Bonchev–Trinajstić information content (AvgIpc) is 3.05. The van der Waals surface area contributed by atoms with Crippen LogP contribution in [-0.2, 0) is 13.0 Å². The van der Waals surface area contributed by atoms with Crippen LogP contribution < -0.4 is 15.6 Å². The van der Waals surface area contributed by atoms with E-state index in [2.05, 4.69) is 20.3 Å². The summed E-state index contributed by atoms with van der Waals surface area (Å²) in [6.45, 7) is 2.16. The van der Waals surface area contributed by atoms with Crippen LogP contribution in [0.5, 0.6) is 5.75 Å². The summed E-state index contributed by atoms with van der Waals surface area (Å²) in [6.07, 6.45) is 4.18. The maximum Gasteiger partial charge on any atom is 0.251 e. The lowest BCUT2D eigenvalue weighted by molar-refractivity contribution is 0.0950. The van der Waals surface area contributed by atoms with Crippen molar-refractivity contribution in [2.45, 2.75) is 26.0 Å². The van der Waals surface area contributed by atoms with Gasteiger partial charge in [-0.05, 0) is 42.8 Å². The van der Waals surface area contributed by atoms with Crippen LogP contribution >= 0.6 is 0 Å². The van der Waals surface area contributed by atoms with Crippen molar-refractivity contribution in [1.29, 1.82) is 0 Å². The molecule has 7 nitrogen and oxygen atoms in total. The van der Waals surface area contributed by atoms with E-state index in [1.54, 1.807) is 30.6 Å². The zero-order valence-corrected chi connectivity index (χ0v) is 14.7. The number of hydrogen-bond acceptors (Lipinski definition) is 5. The van der Waals surface area contributed by atoms with Gasteiger partial charge in [0.05, 0.1) is 12.2 Å². The number of hydrogen-bond donors (Lipinski definition) is 2. The zero-order valence-electron chi connectivity index (χ0n) is 14.7. The first-order chi connectivity index (χ1) is 13.1. The number of amides is 1. The highest BCUT2D eigenvalue weighted by Crippen LogP contribution is 2.29. The van der Waals surface area contributed by atoms with Gasteiger partial charge < -0.3 is 15.0 Å². The quantitative estimate of drug-likeness (QED) is 0.741. The van der Waals surface area contributed by atoms with E-state index in [9.17, 15) is 9.59 Å². The van der Waals surface area contributed by atoms with Gasteiger partial charge in [0.25, 0.3) is 11.5 Å². The monoisotopic (exact) mass is 362 g/mol. The number of rotatable bonds is 4. The summed E-state index contributed by atoms with van der Waals surface area (Å²) in [7, 11) is 0. The molecule has 4 rings (SSSR count). The third kappa shape index (κ3) is 3.72. The molecule has 1 aliphatic rings. The van der Waals surface area contributed by atoms with E-state index in [-0.39, 0.29) is 24.1 Å². The van der Waals surface area contributed by atoms with E-state index in [0.717, 1.165) is 23.3 Å². The summed E-state index contributed by atoms with van der Waals surface area (Å²) in [4.78, 5) is 35.5. The lowest BCUT2D eigenvalue weighted by atomic mass is 10.1. The van der Waals surface area contributed by atoms with Crippen LogP contribution in [0.4, 0.5) is 0 Å². The summed E-state index contributed by atoms with van der Waals surface area (Å²) < 4.78 is 5.65. The maximum atomic E-state index is 12.5. The van der Waals surface area contributed by atoms with Gasteiger partial charge in [-0.2, -0.15) is 0 Å². The summed E-state index contributed by atoms with van der Waals surface area (Å²) in [5.74, 6) is 1.06. The van der Waals surface area contributed by atoms with Crippen LogP contribution in [0.2, 0.25) is 0 Å². The van der Waals surface area contributed by atoms with Crippen molar-refractivity contribution in [2.75, 3.05) is 0 Å². The Morgan fingerprint density at radius 1 is 1.26 bits per heavy atom. The van der Waals surface area contributed by atoms with Crippen molar-refractivity contribution in [3.05, 3.63) is 76.0 Å². The number of carbonyl (C=O) groups excluding carboxylic acids is 1. The van der Waals surface area contributed by atoms with Gasteiger partial charge in [-0.1, -0.05) is 0 Å². The highest BCUT2D eigenvalue weighted by atomic mass is 16.5. The molecule has 3 heterocycles. The first-order valence-corrected chi connectivity index (χ1v) is 8.67. The number of carbonyl (C=O) groups is 1. The summed E-state index contributed by atoms with van der Waals surface area (Å²) in [5.41, 5.74) is 2.56. The number of aromatic amines is 1. The number of ether oxygens (including phenoxy) is 1. The highest BCUT2D eigenvalue weighted by Gasteiger charge is 2.20. The minimum atomic E-state index is -0.273. The van der Waals surface area contributed by atoms with Gasteiger partial charge in [0.1, 0.15) is 17.7 Å². The van der Waals surface area contributed by atoms with Crippen molar-refractivity contribution >= 4 is 5.91 Å². The molecule has 1 unspecified atom stereocenters. The van der Waals surface area contributed by atoms with E-state index in [1.807, 2.05) is 19.1 Å². The second kappa shape index (κ2) is 7.03. The Hall–Kier alpha value is -3.48. The number of pyridine rings is 1. The molecule has 3 aromatic rings. The molecule has 0 fully saturated rings. The van der Waals surface area contributed by atoms with Gasteiger partial charge >= 0.3 is 0 Å². The number of nitrogens with zero attached hydrogens (tertiary/aromatic N) is 2. The third-order valence-corrected chi connectivity index (χ3v) is 4.34. The molecule has 7 heteroatoms. The van der Waals surface area contributed by atoms with Crippen molar-refractivity contribution in [1.82, 2.24) is 20.3 Å². The molecule has 0 saturated carbocycles. The molecule has 0 aliphatic carbocycles. The molecule has 0 radical (unpaired) electrons. The van der Waals surface area contributed by atoms with Crippen molar-refractivity contribution < 1.29 is 9.53 Å². The van der Waals surface area contributed by atoms with Gasteiger partial charge in [-0.25, -0.2) is 4.98 Å². The van der Waals surface area contributed by atoms with Crippen molar-refractivity contribution in [3.63, 3.8) is 0 Å². The Bertz CT molecular complexity index is 1050. The standard InChI is InChI=1S/C20H18N4O3/c1-12-8-15-9-14(2-3-17(15)27-12)20(26)22-11-16-10-18(25)24-19(23-16)13-4-6-21-7-5-13/h2-7,9-10,12H,8,11H2,1H3,(H,22,26)(H,23,24,25). The Kier molecular flexibility index (Phi) is 4.42. The van der Waals surface area contributed by atoms with Crippen LogP contribution in [-0.4, -0.2) is 27.0 Å². The fourth-order valence-corrected chi connectivity index (χ4v) is 3.08. The first kappa shape index (κ1) is 17.0. The highest BCUT2D eigenvalue weighted by molar-refractivity contribution is 5.94. The van der Waals surface area contributed by atoms with Crippen LogP contribution in [0.15, 0.2) is 53.6 Å². The number of benzene rings is 1. The molecule has 0 bridgehead atoms. The Morgan fingerprint density at radius 3 is 2.89 bits per heavy atom. The summed E-state index contributed by atoms with van der Waals surface area (Å²) in [6, 6.07) is 10.3. The molecule has 2 N–H and O–H groups in total.